The van der Waals surface area contributed by atoms with Gasteiger partial charge in [0.15, 0.2) is 5.43 Å². The summed E-state index contributed by atoms with van der Waals surface area (Å²) in [7, 11) is 1.65. The van der Waals surface area contributed by atoms with Crippen molar-refractivity contribution < 1.29 is 19.4 Å². The number of hydrogen-bond acceptors (Lipinski definition) is 5. The van der Waals surface area contributed by atoms with E-state index in [2.05, 4.69) is 24.8 Å². The number of carboxylic acids is 1. The molecule has 34 heavy (non-hydrogen) atoms. The van der Waals surface area contributed by atoms with E-state index in [9.17, 15) is 19.5 Å². The molecule has 2 aliphatic heterocycles. The zero-order valence-corrected chi connectivity index (χ0v) is 20.1. The van der Waals surface area contributed by atoms with Crippen LogP contribution in [-0.2, 0) is 11.2 Å². The van der Waals surface area contributed by atoms with Crippen LogP contribution in [0.1, 0.15) is 67.9 Å². The lowest BCUT2D eigenvalue weighted by Crippen LogP contribution is -2.42. The minimum absolute atomic E-state index is 0.0446. The van der Waals surface area contributed by atoms with Crippen LogP contribution in [-0.4, -0.2) is 41.6 Å². The van der Waals surface area contributed by atoms with Crippen LogP contribution in [0.3, 0.4) is 0 Å². The van der Waals surface area contributed by atoms with Gasteiger partial charge in [0, 0.05) is 48.8 Å². The topological polar surface area (TPSA) is 88.8 Å². The Hall–Kier alpha value is -3.09. The number of aromatic carboxylic acids is 1. The Kier molecular flexibility index (Phi) is 5.53. The summed E-state index contributed by atoms with van der Waals surface area (Å²) in [4.78, 5) is 39.0. The molecule has 5 rings (SSSR count). The number of rotatable bonds is 4. The van der Waals surface area contributed by atoms with Crippen molar-refractivity contribution in [2.45, 2.75) is 58.4 Å². The Labute approximate surface area is 199 Å². The van der Waals surface area contributed by atoms with Crippen molar-refractivity contribution >= 4 is 17.4 Å². The van der Waals surface area contributed by atoms with Gasteiger partial charge in [-0.3, -0.25) is 9.59 Å². The Morgan fingerprint density at radius 1 is 1.15 bits per heavy atom. The van der Waals surface area contributed by atoms with Crippen LogP contribution in [0.2, 0.25) is 0 Å². The van der Waals surface area contributed by atoms with E-state index < -0.39 is 11.4 Å². The van der Waals surface area contributed by atoms with E-state index in [0.29, 0.717) is 5.78 Å². The molecule has 1 unspecified atom stereocenters. The number of carbonyl (C=O) groups is 2. The van der Waals surface area contributed by atoms with Gasteiger partial charge in [0.2, 0.25) is 0 Å². The van der Waals surface area contributed by atoms with Crippen molar-refractivity contribution in [3.05, 3.63) is 45.7 Å². The van der Waals surface area contributed by atoms with Crippen molar-refractivity contribution in [2.75, 3.05) is 25.1 Å². The van der Waals surface area contributed by atoms with Crippen LogP contribution in [0.15, 0.2) is 29.2 Å². The van der Waals surface area contributed by atoms with Crippen molar-refractivity contribution in [1.82, 2.24) is 4.57 Å². The molecule has 3 heterocycles. The molecule has 1 saturated heterocycles. The Bertz CT molecular complexity index is 1220. The molecule has 2 aromatic rings. The SMILES string of the molecule is COc1cc2c(cc1N1CCC3(CCCC3=O)CC1)CC(C(C)C)n1cc(C(=O)O)c(=O)cc1-2. The van der Waals surface area contributed by atoms with E-state index in [0.717, 1.165) is 79.9 Å². The van der Waals surface area contributed by atoms with Crippen molar-refractivity contribution in [2.24, 2.45) is 11.3 Å². The maximum atomic E-state index is 12.6. The van der Waals surface area contributed by atoms with E-state index in [1.807, 2.05) is 10.6 Å². The maximum Gasteiger partial charge on any atom is 0.341 e. The number of carbonyl (C=O) groups excluding carboxylic acids is 1. The second-order valence-corrected chi connectivity index (χ2v) is 10.4. The fraction of sp³-hybridized carbons (Fsp3) is 0.519. The molecule has 0 amide bonds. The molecule has 1 aromatic heterocycles. The lowest BCUT2D eigenvalue weighted by molar-refractivity contribution is -0.126. The standard InChI is InChI=1S/C27H32N2O5/c1-16(2)20-11-17-12-22(28-9-7-27(8-10-28)6-4-5-25(27)31)24(34-3)13-18(17)21-14-23(30)19(26(32)33)15-29(20)21/h12-16,20H,4-11H2,1-3H3,(H,32,33). The van der Waals surface area contributed by atoms with Gasteiger partial charge >= 0.3 is 5.97 Å². The average molecular weight is 465 g/mol. The quantitative estimate of drug-likeness (QED) is 0.725. The van der Waals surface area contributed by atoms with Gasteiger partial charge in [0.1, 0.15) is 17.1 Å². The Balaban J connectivity index is 1.56. The minimum atomic E-state index is -1.20. The van der Waals surface area contributed by atoms with Gasteiger partial charge in [-0.1, -0.05) is 13.8 Å². The molecular weight excluding hydrogens is 432 g/mol. The first-order valence-corrected chi connectivity index (χ1v) is 12.2. The summed E-state index contributed by atoms with van der Waals surface area (Å²) in [5, 5.41) is 9.48. The normalized spacial score (nSPS) is 21.0. The van der Waals surface area contributed by atoms with Crippen molar-refractivity contribution in [1.29, 1.82) is 0 Å². The summed E-state index contributed by atoms with van der Waals surface area (Å²) >= 11 is 0. The predicted octanol–water partition coefficient (Wildman–Crippen LogP) is 4.31. The zero-order valence-electron chi connectivity index (χ0n) is 20.1. The van der Waals surface area contributed by atoms with Crippen molar-refractivity contribution in [3.8, 4) is 17.0 Å². The first-order valence-electron chi connectivity index (χ1n) is 12.2. The number of nitrogens with zero attached hydrogens (tertiary/aromatic N) is 2. The monoisotopic (exact) mass is 464 g/mol. The lowest BCUT2D eigenvalue weighted by Gasteiger charge is -2.40. The number of fused-ring (bicyclic) bond motifs is 3. The third kappa shape index (κ3) is 3.53. The van der Waals surface area contributed by atoms with Crippen LogP contribution in [0.25, 0.3) is 11.3 Å². The summed E-state index contributed by atoms with van der Waals surface area (Å²) in [5.41, 5.74) is 2.99. The number of piperidine rings is 1. The molecule has 180 valence electrons. The van der Waals surface area contributed by atoms with E-state index >= 15 is 0 Å². The number of anilines is 1. The molecule has 1 saturated carbocycles. The van der Waals surface area contributed by atoms with E-state index in [4.69, 9.17) is 4.74 Å². The highest BCUT2D eigenvalue weighted by molar-refractivity contribution is 5.88. The Morgan fingerprint density at radius 3 is 2.47 bits per heavy atom. The second-order valence-electron chi connectivity index (χ2n) is 10.4. The van der Waals surface area contributed by atoms with Gasteiger partial charge in [0.25, 0.3) is 0 Å². The molecule has 0 bridgehead atoms. The third-order valence-corrected chi connectivity index (χ3v) is 8.26. The van der Waals surface area contributed by atoms with Gasteiger partial charge in [0.05, 0.1) is 18.5 Å². The number of aromatic nitrogens is 1. The van der Waals surface area contributed by atoms with Gasteiger partial charge in [-0.15, -0.1) is 0 Å². The number of methoxy groups -OCH3 is 1. The first kappa shape index (κ1) is 22.7. The van der Waals surface area contributed by atoms with Crippen LogP contribution in [0.4, 0.5) is 5.69 Å². The van der Waals surface area contributed by atoms with Gasteiger partial charge in [-0.2, -0.15) is 0 Å². The lowest BCUT2D eigenvalue weighted by atomic mass is 9.76. The number of carboxylic acid groups (broad SMARTS) is 1. The third-order valence-electron chi connectivity index (χ3n) is 8.26. The number of ether oxygens (including phenoxy) is 1. The summed E-state index contributed by atoms with van der Waals surface area (Å²) in [6.07, 6.45) is 6.77. The number of ketones is 1. The number of Topliss-reactive ketones (excluding diaryl/α,β-unsaturated/α-hetero) is 1. The van der Waals surface area contributed by atoms with E-state index in [1.54, 1.807) is 7.11 Å². The maximum absolute atomic E-state index is 12.6. The van der Waals surface area contributed by atoms with Crippen LogP contribution >= 0.6 is 0 Å². The van der Waals surface area contributed by atoms with Crippen molar-refractivity contribution in [3.63, 3.8) is 0 Å². The van der Waals surface area contributed by atoms with Crippen LogP contribution < -0.4 is 15.1 Å². The highest BCUT2D eigenvalue weighted by Crippen LogP contribution is 2.47. The molecule has 1 spiro atoms. The molecule has 7 heteroatoms. The highest BCUT2D eigenvalue weighted by atomic mass is 16.5. The van der Waals surface area contributed by atoms with Crippen LogP contribution in [0, 0.1) is 11.3 Å². The van der Waals surface area contributed by atoms with Gasteiger partial charge < -0.3 is 19.3 Å². The second kappa shape index (κ2) is 8.29. The number of pyridine rings is 1. The van der Waals surface area contributed by atoms with Gasteiger partial charge in [-0.25, -0.2) is 4.79 Å². The van der Waals surface area contributed by atoms with E-state index in [1.165, 1.54) is 12.3 Å². The van der Waals surface area contributed by atoms with Crippen LogP contribution in [0.5, 0.6) is 5.75 Å². The molecule has 7 nitrogen and oxygen atoms in total. The molecular formula is C27H32N2O5. The highest BCUT2D eigenvalue weighted by Gasteiger charge is 2.44. The zero-order chi connectivity index (χ0) is 24.2. The van der Waals surface area contributed by atoms with Gasteiger partial charge in [-0.05, 0) is 55.7 Å². The summed E-state index contributed by atoms with van der Waals surface area (Å²) < 4.78 is 7.75. The molecule has 1 aromatic carbocycles. The first-order chi connectivity index (χ1) is 16.2. The largest absolute Gasteiger partial charge is 0.495 e. The fourth-order valence-corrected chi connectivity index (χ4v) is 6.21. The molecule has 3 aliphatic rings. The summed E-state index contributed by atoms with van der Waals surface area (Å²) in [6, 6.07) is 5.66. The molecule has 1 aliphatic carbocycles. The predicted molar refractivity (Wildman–Crippen MR) is 130 cm³/mol. The smallest absolute Gasteiger partial charge is 0.341 e. The number of benzene rings is 1. The fourth-order valence-electron chi connectivity index (χ4n) is 6.21. The summed E-state index contributed by atoms with van der Waals surface area (Å²) in [5.74, 6) is 0.221. The summed E-state index contributed by atoms with van der Waals surface area (Å²) in [6.45, 7) is 5.88. The minimum Gasteiger partial charge on any atom is -0.495 e. The number of hydrogen-bond donors (Lipinski definition) is 1. The molecule has 1 atom stereocenters. The molecule has 1 N–H and O–H groups in total. The van der Waals surface area contributed by atoms with E-state index in [-0.39, 0.29) is 22.9 Å². The average Bonchev–Trinajstić information content (AvgIpc) is 3.16. The Morgan fingerprint density at radius 2 is 1.88 bits per heavy atom. The molecule has 2 fully saturated rings. The molecule has 0 radical (unpaired) electrons.